The van der Waals surface area contributed by atoms with Crippen molar-refractivity contribution >= 4 is 12.1 Å². The number of ketones is 1. The Morgan fingerprint density at radius 2 is 1.75 bits per heavy atom. The number of hydrogen-bond donors (Lipinski definition) is 0. The van der Waals surface area contributed by atoms with Gasteiger partial charge in [-0.25, -0.2) is 0 Å². The summed E-state index contributed by atoms with van der Waals surface area (Å²) in [5, 5.41) is 0. The van der Waals surface area contributed by atoms with Crippen LogP contribution in [-0.4, -0.2) is 12.1 Å². The van der Waals surface area contributed by atoms with Gasteiger partial charge in [0, 0.05) is 18.8 Å². The van der Waals surface area contributed by atoms with E-state index >= 15 is 0 Å². The van der Waals surface area contributed by atoms with Crippen LogP contribution in [0.1, 0.15) is 71.6 Å². The molecule has 0 aliphatic heterocycles. The van der Waals surface area contributed by atoms with E-state index in [-0.39, 0.29) is 11.7 Å². The maximum atomic E-state index is 11.6. The van der Waals surface area contributed by atoms with Crippen molar-refractivity contribution in [1.29, 1.82) is 0 Å². The van der Waals surface area contributed by atoms with E-state index in [1.807, 2.05) is 0 Å². The zero-order valence-corrected chi connectivity index (χ0v) is 10.8. The molecule has 0 saturated carbocycles. The van der Waals surface area contributed by atoms with E-state index in [1.54, 1.807) is 0 Å². The Morgan fingerprint density at radius 3 is 2.31 bits per heavy atom. The number of Topliss-reactive ketones (excluding diaryl/α,β-unsaturated/α-hetero) is 1. The number of unbranched alkanes of at least 4 members (excludes halogenated alkanes) is 4. The van der Waals surface area contributed by atoms with Gasteiger partial charge in [0.1, 0.15) is 12.1 Å². The normalized spacial score (nSPS) is 12.4. The largest absolute Gasteiger partial charge is 0.303 e. The predicted molar refractivity (Wildman–Crippen MR) is 67.5 cm³/mol. The molecule has 0 spiro atoms. The fraction of sp³-hybridized carbons (Fsp3) is 0.857. The molecule has 1 atom stereocenters. The van der Waals surface area contributed by atoms with E-state index in [1.165, 1.54) is 12.8 Å². The minimum Gasteiger partial charge on any atom is -0.303 e. The molecule has 0 aromatic heterocycles. The van der Waals surface area contributed by atoms with Gasteiger partial charge in [0.05, 0.1) is 0 Å². The number of rotatable bonds is 11. The second kappa shape index (κ2) is 10.8. The summed E-state index contributed by atoms with van der Waals surface area (Å²) in [5.74, 6) is 0.239. The molecule has 0 saturated heterocycles. The second-order valence-corrected chi connectivity index (χ2v) is 4.59. The highest BCUT2D eigenvalue weighted by atomic mass is 16.1. The van der Waals surface area contributed by atoms with Gasteiger partial charge in [-0.05, 0) is 12.8 Å². The van der Waals surface area contributed by atoms with Crippen molar-refractivity contribution < 1.29 is 9.59 Å². The summed E-state index contributed by atoms with van der Waals surface area (Å²) in [5.41, 5.74) is 0. The minimum atomic E-state index is -0.0291. The highest BCUT2D eigenvalue weighted by Crippen LogP contribution is 2.13. The maximum absolute atomic E-state index is 11.6. The third-order valence-corrected chi connectivity index (χ3v) is 2.92. The third kappa shape index (κ3) is 8.63. The Morgan fingerprint density at radius 1 is 1.06 bits per heavy atom. The Bertz CT molecular complexity index is 187. The molecule has 0 aromatic rings. The van der Waals surface area contributed by atoms with Crippen LogP contribution in [0.3, 0.4) is 0 Å². The van der Waals surface area contributed by atoms with Crippen LogP contribution in [0.4, 0.5) is 0 Å². The minimum absolute atomic E-state index is 0.0291. The van der Waals surface area contributed by atoms with Crippen molar-refractivity contribution in [3.63, 3.8) is 0 Å². The van der Waals surface area contributed by atoms with Gasteiger partial charge in [-0.2, -0.15) is 0 Å². The SMILES string of the molecule is CCCCCCC(=O)CC(C=O)CCCC. The molecule has 2 heteroatoms. The lowest BCUT2D eigenvalue weighted by molar-refractivity contribution is -0.123. The summed E-state index contributed by atoms with van der Waals surface area (Å²) >= 11 is 0. The quantitative estimate of drug-likeness (QED) is 0.395. The van der Waals surface area contributed by atoms with Gasteiger partial charge in [-0.1, -0.05) is 46.0 Å². The van der Waals surface area contributed by atoms with Gasteiger partial charge in [0.2, 0.25) is 0 Å². The van der Waals surface area contributed by atoms with Crippen molar-refractivity contribution in [3.8, 4) is 0 Å². The van der Waals surface area contributed by atoms with Gasteiger partial charge in [0.25, 0.3) is 0 Å². The van der Waals surface area contributed by atoms with E-state index in [2.05, 4.69) is 13.8 Å². The summed E-state index contributed by atoms with van der Waals surface area (Å²) in [6.07, 6.45) is 9.64. The van der Waals surface area contributed by atoms with Crippen molar-refractivity contribution in [2.24, 2.45) is 5.92 Å². The Balaban J connectivity index is 3.61. The van der Waals surface area contributed by atoms with Crippen molar-refractivity contribution in [2.75, 3.05) is 0 Å². The lowest BCUT2D eigenvalue weighted by Crippen LogP contribution is -2.09. The summed E-state index contributed by atoms with van der Waals surface area (Å²) in [4.78, 5) is 22.4. The zero-order chi connectivity index (χ0) is 12.2. The van der Waals surface area contributed by atoms with Crippen LogP contribution >= 0.6 is 0 Å². The Labute approximate surface area is 99.8 Å². The molecule has 0 aromatic carbocycles. The number of carbonyl (C=O) groups excluding carboxylic acids is 2. The molecule has 16 heavy (non-hydrogen) atoms. The first kappa shape index (κ1) is 15.3. The number of carbonyl (C=O) groups is 2. The Kier molecular flexibility index (Phi) is 10.4. The van der Waals surface area contributed by atoms with Gasteiger partial charge >= 0.3 is 0 Å². The van der Waals surface area contributed by atoms with Crippen LogP contribution in [0, 0.1) is 5.92 Å². The van der Waals surface area contributed by atoms with Gasteiger partial charge in [-0.3, -0.25) is 4.79 Å². The van der Waals surface area contributed by atoms with Gasteiger partial charge in [-0.15, -0.1) is 0 Å². The predicted octanol–water partition coefficient (Wildman–Crippen LogP) is 3.92. The first-order valence-corrected chi connectivity index (χ1v) is 6.71. The first-order chi connectivity index (χ1) is 7.74. The van der Waals surface area contributed by atoms with E-state index in [0.717, 1.165) is 38.4 Å². The molecule has 94 valence electrons. The molecule has 0 radical (unpaired) electrons. The monoisotopic (exact) mass is 226 g/mol. The highest BCUT2D eigenvalue weighted by molar-refractivity contribution is 5.81. The molecule has 0 amide bonds. The number of hydrogen-bond acceptors (Lipinski definition) is 2. The molecule has 0 rings (SSSR count). The average Bonchev–Trinajstić information content (AvgIpc) is 2.30. The molecule has 0 fully saturated rings. The fourth-order valence-corrected chi connectivity index (χ4v) is 1.83. The topological polar surface area (TPSA) is 34.1 Å². The van der Waals surface area contributed by atoms with Crippen molar-refractivity contribution in [1.82, 2.24) is 0 Å². The van der Waals surface area contributed by atoms with Crippen molar-refractivity contribution in [3.05, 3.63) is 0 Å². The summed E-state index contributed by atoms with van der Waals surface area (Å²) in [6, 6.07) is 0. The van der Waals surface area contributed by atoms with E-state index in [9.17, 15) is 9.59 Å². The van der Waals surface area contributed by atoms with Crippen LogP contribution in [0.25, 0.3) is 0 Å². The lowest BCUT2D eigenvalue weighted by atomic mass is 9.95. The van der Waals surface area contributed by atoms with Crippen LogP contribution in [-0.2, 0) is 9.59 Å². The summed E-state index contributed by atoms with van der Waals surface area (Å²) < 4.78 is 0. The third-order valence-electron chi connectivity index (χ3n) is 2.92. The second-order valence-electron chi connectivity index (χ2n) is 4.59. The molecule has 0 heterocycles. The van der Waals surface area contributed by atoms with Crippen molar-refractivity contribution in [2.45, 2.75) is 71.6 Å². The highest BCUT2D eigenvalue weighted by Gasteiger charge is 2.12. The van der Waals surface area contributed by atoms with Crippen LogP contribution in [0.15, 0.2) is 0 Å². The van der Waals surface area contributed by atoms with Crippen LogP contribution < -0.4 is 0 Å². The number of aldehydes is 1. The smallest absolute Gasteiger partial charge is 0.133 e. The molecule has 2 nitrogen and oxygen atoms in total. The van der Waals surface area contributed by atoms with Crippen LogP contribution in [0.5, 0.6) is 0 Å². The molecule has 0 aliphatic rings. The van der Waals surface area contributed by atoms with Gasteiger partial charge < -0.3 is 4.79 Å². The summed E-state index contributed by atoms with van der Waals surface area (Å²) in [6.45, 7) is 4.27. The molecule has 0 bridgehead atoms. The van der Waals surface area contributed by atoms with E-state index in [0.29, 0.717) is 12.8 Å². The fourth-order valence-electron chi connectivity index (χ4n) is 1.83. The molecular weight excluding hydrogens is 200 g/mol. The maximum Gasteiger partial charge on any atom is 0.133 e. The Hall–Kier alpha value is -0.660. The van der Waals surface area contributed by atoms with E-state index < -0.39 is 0 Å². The molecule has 0 aliphatic carbocycles. The molecule has 0 N–H and O–H groups in total. The van der Waals surface area contributed by atoms with Gasteiger partial charge in [0.15, 0.2) is 0 Å². The lowest BCUT2D eigenvalue weighted by Gasteiger charge is -2.08. The zero-order valence-electron chi connectivity index (χ0n) is 10.8. The average molecular weight is 226 g/mol. The molecular formula is C14H26O2. The molecule has 1 unspecified atom stereocenters. The summed E-state index contributed by atoms with van der Waals surface area (Å²) in [7, 11) is 0. The van der Waals surface area contributed by atoms with Crippen LogP contribution in [0.2, 0.25) is 0 Å². The van der Waals surface area contributed by atoms with E-state index in [4.69, 9.17) is 0 Å². The standard InChI is InChI=1S/C14H26O2/c1-3-5-7-8-10-14(16)11-13(12-15)9-6-4-2/h12-13H,3-11H2,1-2H3. The first-order valence-electron chi connectivity index (χ1n) is 6.71.